The lowest BCUT2D eigenvalue weighted by Crippen LogP contribution is -2.36. The topological polar surface area (TPSA) is 57.6 Å². The van der Waals surface area contributed by atoms with E-state index in [4.69, 9.17) is 5.11 Å². The second kappa shape index (κ2) is 5.78. The molecule has 1 unspecified atom stereocenters. The summed E-state index contributed by atoms with van der Waals surface area (Å²) in [6.45, 7) is 0. The maximum atomic E-state index is 13.1. The van der Waals surface area contributed by atoms with Gasteiger partial charge < -0.3 is 10.0 Å². The third-order valence-electron chi connectivity index (χ3n) is 4.97. The second-order valence-corrected chi connectivity index (χ2v) is 6.58. The molecule has 4 rings (SSSR count). The van der Waals surface area contributed by atoms with Crippen LogP contribution in [0.4, 0.5) is 0 Å². The van der Waals surface area contributed by atoms with E-state index >= 15 is 0 Å². The molecule has 1 N–H and O–H groups in total. The van der Waals surface area contributed by atoms with Crippen molar-refractivity contribution >= 4 is 11.9 Å². The third-order valence-corrected chi connectivity index (χ3v) is 4.97. The molecule has 0 heterocycles. The molecule has 0 bridgehead atoms. The van der Waals surface area contributed by atoms with Crippen molar-refractivity contribution in [2.24, 2.45) is 0 Å². The molecule has 0 spiro atoms. The van der Waals surface area contributed by atoms with E-state index in [1.807, 2.05) is 17.0 Å². The molecule has 1 amide bonds. The molecule has 1 atom stereocenters. The number of aryl methyl sites for hydroxylation is 1. The first-order valence-corrected chi connectivity index (χ1v) is 8.39. The van der Waals surface area contributed by atoms with E-state index in [2.05, 4.69) is 12.1 Å². The predicted molar refractivity (Wildman–Crippen MR) is 90.1 cm³/mol. The summed E-state index contributed by atoms with van der Waals surface area (Å²) in [5.41, 5.74) is 3.18. The van der Waals surface area contributed by atoms with Gasteiger partial charge in [0, 0.05) is 11.6 Å². The Morgan fingerprint density at radius 2 is 1.71 bits per heavy atom. The molecule has 0 saturated heterocycles. The monoisotopic (exact) mass is 321 g/mol. The number of hydrogen-bond acceptors (Lipinski definition) is 2. The number of rotatable bonds is 4. The van der Waals surface area contributed by atoms with Gasteiger partial charge in [0.05, 0.1) is 11.6 Å². The Kier molecular flexibility index (Phi) is 3.60. The van der Waals surface area contributed by atoms with E-state index < -0.39 is 5.97 Å². The van der Waals surface area contributed by atoms with Crippen LogP contribution in [0.15, 0.2) is 48.5 Å². The first-order valence-electron chi connectivity index (χ1n) is 8.39. The van der Waals surface area contributed by atoms with E-state index in [1.54, 1.807) is 12.1 Å². The van der Waals surface area contributed by atoms with Crippen LogP contribution in [0.2, 0.25) is 0 Å². The van der Waals surface area contributed by atoms with E-state index in [0.717, 1.165) is 25.7 Å². The maximum absolute atomic E-state index is 13.1. The van der Waals surface area contributed by atoms with Crippen molar-refractivity contribution in [2.45, 2.75) is 37.8 Å². The molecule has 2 aliphatic carbocycles. The van der Waals surface area contributed by atoms with Gasteiger partial charge in [-0.1, -0.05) is 30.3 Å². The number of amides is 1. The average molecular weight is 321 g/mol. The van der Waals surface area contributed by atoms with Crippen LogP contribution in [0, 0.1) is 0 Å². The number of carboxylic acid groups (broad SMARTS) is 1. The Balaban J connectivity index is 1.68. The van der Waals surface area contributed by atoms with E-state index in [9.17, 15) is 9.59 Å². The number of carbonyl (C=O) groups is 2. The molecule has 1 fully saturated rings. The van der Waals surface area contributed by atoms with Gasteiger partial charge in [-0.05, 0) is 55.0 Å². The normalized spacial score (nSPS) is 18.9. The summed E-state index contributed by atoms with van der Waals surface area (Å²) >= 11 is 0. The molecule has 1 saturated carbocycles. The fourth-order valence-corrected chi connectivity index (χ4v) is 3.67. The standard InChI is InChI=1S/C20H19NO3/c22-19(14-5-3-6-15(12-14)20(23)24)21(16-9-10-16)18-11-8-13-4-1-2-7-17(13)18/h1-7,12,16,18H,8-11H2,(H,23,24). The number of aromatic carboxylic acids is 1. The number of carbonyl (C=O) groups excluding carboxylic acids is 1. The summed E-state index contributed by atoms with van der Waals surface area (Å²) in [6.07, 6.45) is 4.00. The zero-order valence-corrected chi connectivity index (χ0v) is 13.3. The average Bonchev–Trinajstić information content (AvgIpc) is 3.35. The number of hydrogen-bond donors (Lipinski definition) is 1. The summed E-state index contributed by atoms with van der Waals surface area (Å²) in [6, 6.07) is 15.1. The fraction of sp³-hybridized carbons (Fsp3) is 0.300. The SMILES string of the molecule is O=C(O)c1cccc(C(=O)N(C2CC2)C2CCc3ccccc32)c1. The quantitative estimate of drug-likeness (QED) is 0.934. The molecule has 4 heteroatoms. The molecular weight excluding hydrogens is 302 g/mol. The minimum absolute atomic E-state index is 0.0534. The first kappa shape index (κ1) is 14.9. The van der Waals surface area contributed by atoms with Gasteiger partial charge in [0.15, 0.2) is 0 Å². The number of fused-ring (bicyclic) bond motifs is 1. The Bertz CT molecular complexity index is 810. The minimum Gasteiger partial charge on any atom is -0.478 e. The smallest absolute Gasteiger partial charge is 0.335 e. The molecule has 0 radical (unpaired) electrons. The zero-order chi connectivity index (χ0) is 16.7. The predicted octanol–water partition coefficient (Wildman–Crippen LogP) is 3.68. The summed E-state index contributed by atoms with van der Waals surface area (Å²) in [5, 5.41) is 9.17. The summed E-state index contributed by atoms with van der Waals surface area (Å²) in [4.78, 5) is 26.3. The Labute approximate surface area is 140 Å². The van der Waals surface area contributed by atoms with Crippen molar-refractivity contribution in [1.82, 2.24) is 4.90 Å². The van der Waals surface area contributed by atoms with Crippen LogP contribution in [-0.2, 0) is 6.42 Å². The zero-order valence-electron chi connectivity index (χ0n) is 13.3. The van der Waals surface area contributed by atoms with E-state index in [0.29, 0.717) is 5.56 Å². The Morgan fingerprint density at radius 1 is 0.958 bits per heavy atom. The van der Waals surface area contributed by atoms with E-state index in [-0.39, 0.29) is 23.6 Å². The lowest BCUT2D eigenvalue weighted by Gasteiger charge is -2.30. The van der Waals surface area contributed by atoms with Gasteiger partial charge >= 0.3 is 5.97 Å². The highest BCUT2D eigenvalue weighted by Gasteiger charge is 2.40. The van der Waals surface area contributed by atoms with Crippen LogP contribution in [-0.4, -0.2) is 27.9 Å². The van der Waals surface area contributed by atoms with Crippen LogP contribution < -0.4 is 0 Å². The molecule has 2 aliphatic rings. The molecule has 2 aromatic rings. The van der Waals surface area contributed by atoms with Gasteiger partial charge in [0.2, 0.25) is 0 Å². The van der Waals surface area contributed by atoms with Crippen molar-refractivity contribution in [3.05, 3.63) is 70.8 Å². The van der Waals surface area contributed by atoms with Gasteiger partial charge in [-0.15, -0.1) is 0 Å². The highest BCUT2D eigenvalue weighted by atomic mass is 16.4. The highest BCUT2D eigenvalue weighted by molar-refractivity contribution is 5.98. The molecular formula is C20H19NO3. The highest BCUT2D eigenvalue weighted by Crippen LogP contribution is 2.42. The van der Waals surface area contributed by atoms with Gasteiger partial charge in [-0.3, -0.25) is 4.79 Å². The van der Waals surface area contributed by atoms with Crippen LogP contribution in [0.5, 0.6) is 0 Å². The number of nitrogens with zero attached hydrogens (tertiary/aromatic N) is 1. The van der Waals surface area contributed by atoms with Crippen LogP contribution in [0.3, 0.4) is 0 Å². The largest absolute Gasteiger partial charge is 0.478 e. The minimum atomic E-state index is -1.01. The van der Waals surface area contributed by atoms with Crippen molar-refractivity contribution in [3.63, 3.8) is 0 Å². The van der Waals surface area contributed by atoms with E-state index in [1.165, 1.54) is 23.3 Å². The molecule has 122 valence electrons. The van der Waals surface area contributed by atoms with Gasteiger partial charge in [-0.25, -0.2) is 4.79 Å². The van der Waals surface area contributed by atoms with Gasteiger partial charge in [0.1, 0.15) is 0 Å². The lowest BCUT2D eigenvalue weighted by molar-refractivity contribution is 0.0658. The first-order chi connectivity index (χ1) is 11.6. The Hall–Kier alpha value is -2.62. The van der Waals surface area contributed by atoms with Crippen molar-refractivity contribution < 1.29 is 14.7 Å². The number of benzene rings is 2. The van der Waals surface area contributed by atoms with Gasteiger partial charge in [-0.2, -0.15) is 0 Å². The van der Waals surface area contributed by atoms with Crippen molar-refractivity contribution in [1.29, 1.82) is 0 Å². The second-order valence-electron chi connectivity index (χ2n) is 6.58. The molecule has 2 aromatic carbocycles. The fourth-order valence-electron chi connectivity index (χ4n) is 3.67. The molecule has 24 heavy (non-hydrogen) atoms. The summed E-state index contributed by atoms with van der Waals surface area (Å²) < 4.78 is 0. The summed E-state index contributed by atoms with van der Waals surface area (Å²) in [5.74, 6) is -1.06. The van der Waals surface area contributed by atoms with Crippen LogP contribution in [0.1, 0.15) is 57.1 Å². The molecule has 0 aromatic heterocycles. The summed E-state index contributed by atoms with van der Waals surface area (Å²) in [7, 11) is 0. The Morgan fingerprint density at radius 3 is 2.46 bits per heavy atom. The van der Waals surface area contributed by atoms with Gasteiger partial charge in [0.25, 0.3) is 5.91 Å². The molecule has 4 nitrogen and oxygen atoms in total. The van der Waals surface area contributed by atoms with Crippen LogP contribution >= 0.6 is 0 Å². The lowest BCUT2D eigenvalue weighted by atomic mass is 10.0. The number of carboxylic acids is 1. The van der Waals surface area contributed by atoms with Crippen molar-refractivity contribution in [2.75, 3.05) is 0 Å². The van der Waals surface area contributed by atoms with Crippen molar-refractivity contribution in [3.8, 4) is 0 Å². The molecule has 0 aliphatic heterocycles. The third kappa shape index (κ3) is 2.58. The maximum Gasteiger partial charge on any atom is 0.335 e. The van der Waals surface area contributed by atoms with Crippen LogP contribution in [0.25, 0.3) is 0 Å².